The number of hydrogen-bond acceptors (Lipinski definition) is 4. The van der Waals surface area contributed by atoms with E-state index < -0.39 is 17.7 Å². The normalized spacial score (nSPS) is 11.7. The van der Waals surface area contributed by atoms with Crippen LogP contribution in [0.1, 0.15) is 16.1 Å². The summed E-state index contributed by atoms with van der Waals surface area (Å²) in [5.74, 6) is -0.856. The van der Waals surface area contributed by atoms with Gasteiger partial charge in [-0.2, -0.15) is 13.2 Å². The van der Waals surface area contributed by atoms with Gasteiger partial charge in [-0.3, -0.25) is 0 Å². The predicted molar refractivity (Wildman–Crippen MR) is 66.9 cm³/mol. The Bertz CT molecular complexity index is 659. The SMILES string of the molecule is COC(=O)c1oc2ccc(C(F)(F)F)cc2c1N(C)C. The van der Waals surface area contributed by atoms with Gasteiger partial charge < -0.3 is 14.1 Å². The van der Waals surface area contributed by atoms with E-state index in [4.69, 9.17) is 4.42 Å². The first-order chi connectivity index (χ1) is 9.25. The summed E-state index contributed by atoms with van der Waals surface area (Å²) in [5.41, 5.74) is -0.342. The Balaban J connectivity index is 2.74. The van der Waals surface area contributed by atoms with E-state index in [0.717, 1.165) is 12.1 Å². The lowest BCUT2D eigenvalue weighted by atomic mass is 10.1. The fourth-order valence-electron chi connectivity index (χ4n) is 1.94. The summed E-state index contributed by atoms with van der Waals surface area (Å²) in [6.07, 6.45) is -4.46. The third-order valence-electron chi connectivity index (χ3n) is 2.81. The molecule has 0 fully saturated rings. The van der Waals surface area contributed by atoms with Crippen LogP contribution in [0, 0.1) is 0 Å². The Morgan fingerprint density at radius 1 is 1.30 bits per heavy atom. The average Bonchev–Trinajstić information content (AvgIpc) is 2.74. The van der Waals surface area contributed by atoms with Crippen LogP contribution >= 0.6 is 0 Å². The van der Waals surface area contributed by atoms with Crippen LogP contribution in [0.4, 0.5) is 18.9 Å². The van der Waals surface area contributed by atoms with Crippen molar-refractivity contribution in [2.24, 2.45) is 0 Å². The Hall–Kier alpha value is -2.18. The van der Waals surface area contributed by atoms with Crippen molar-refractivity contribution in [2.75, 3.05) is 26.1 Å². The van der Waals surface area contributed by atoms with Crippen LogP contribution in [0.15, 0.2) is 22.6 Å². The molecule has 7 heteroatoms. The molecule has 0 unspecified atom stereocenters. The minimum Gasteiger partial charge on any atom is -0.463 e. The van der Waals surface area contributed by atoms with Gasteiger partial charge in [0.25, 0.3) is 0 Å². The van der Waals surface area contributed by atoms with Gasteiger partial charge in [-0.05, 0) is 18.2 Å². The van der Waals surface area contributed by atoms with Crippen molar-refractivity contribution in [2.45, 2.75) is 6.18 Å². The molecule has 0 saturated carbocycles. The molecule has 0 atom stereocenters. The van der Waals surface area contributed by atoms with Crippen molar-refractivity contribution in [1.29, 1.82) is 0 Å². The maximum atomic E-state index is 12.7. The van der Waals surface area contributed by atoms with Gasteiger partial charge in [0.1, 0.15) is 5.58 Å². The number of nitrogens with zero attached hydrogens (tertiary/aromatic N) is 1. The summed E-state index contributed by atoms with van der Waals surface area (Å²) in [6.45, 7) is 0. The number of anilines is 1. The summed E-state index contributed by atoms with van der Waals surface area (Å²) in [4.78, 5) is 13.1. The van der Waals surface area contributed by atoms with Gasteiger partial charge in [0.2, 0.25) is 5.76 Å². The van der Waals surface area contributed by atoms with Crippen molar-refractivity contribution >= 4 is 22.6 Å². The van der Waals surface area contributed by atoms with Crippen molar-refractivity contribution in [3.63, 3.8) is 0 Å². The second-order valence-electron chi connectivity index (χ2n) is 4.37. The van der Waals surface area contributed by atoms with Crippen molar-refractivity contribution < 1.29 is 27.1 Å². The zero-order valence-corrected chi connectivity index (χ0v) is 11.0. The first-order valence-corrected chi connectivity index (χ1v) is 5.65. The van der Waals surface area contributed by atoms with Crippen LogP contribution in [-0.4, -0.2) is 27.2 Å². The van der Waals surface area contributed by atoms with Crippen LogP contribution in [0.25, 0.3) is 11.0 Å². The molecule has 2 rings (SSSR count). The van der Waals surface area contributed by atoms with Gasteiger partial charge >= 0.3 is 12.1 Å². The Kier molecular flexibility index (Phi) is 3.37. The van der Waals surface area contributed by atoms with Gasteiger partial charge in [-0.15, -0.1) is 0 Å². The lowest BCUT2D eigenvalue weighted by Gasteiger charge is -2.12. The maximum Gasteiger partial charge on any atom is 0.416 e. The number of furan rings is 1. The maximum absolute atomic E-state index is 12.7. The number of esters is 1. The summed E-state index contributed by atoms with van der Waals surface area (Å²) in [6, 6.07) is 3.06. The summed E-state index contributed by atoms with van der Waals surface area (Å²) < 4.78 is 48.1. The van der Waals surface area contributed by atoms with Crippen LogP contribution in [0.2, 0.25) is 0 Å². The number of benzene rings is 1. The Labute approximate surface area is 112 Å². The zero-order chi connectivity index (χ0) is 15.1. The number of ether oxygens (including phenoxy) is 1. The molecule has 0 aliphatic heterocycles. The van der Waals surface area contributed by atoms with Gasteiger partial charge in [0.05, 0.1) is 18.4 Å². The molecule has 0 spiro atoms. The van der Waals surface area contributed by atoms with Crippen molar-refractivity contribution in [3.05, 3.63) is 29.5 Å². The second-order valence-corrected chi connectivity index (χ2v) is 4.37. The van der Waals surface area contributed by atoms with Crippen LogP contribution in [0.3, 0.4) is 0 Å². The number of halogens is 3. The van der Waals surface area contributed by atoms with E-state index in [9.17, 15) is 18.0 Å². The topological polar surface area (TPSA) is 42.7 Å². The van der Waals surface area contributed by atoms with Gasteiger partial charge in [-0.1, -0.05) is 0 Å². The average molecular weight is 287 g/mol. The first kappa shape index (κ1) is 14.2. The standard InChI is InChI=1S/C13H12F3NO3/c1-17(2)10-8-6-7(13(14,15)16)4-5-9(8)20-11(10)12(18)19-3/h4-6H,1-3H3. The number of methoxy groups -OCH3 is 1. The van der Waals surface area contributed by atoms with E-state index >= 15 is 0 Å². The molecule has 1 heterocycles. The van der Waals surface area contributed by atoms with E-state index in [-0.39, 0.29) is 22.4 Å². The number of alkyl halides is 3. The fourth-order valence-corrected chi connectivity index (χ4v) is 1.94. The molecule has 1 aromatic carbocycles. The number of fused-ring (bicyclic) bond motifs is 1. The minimum atomic E-state index is -4.46. The number of rotatable bonds is 2. The fraction of sp³-hybridized carbons (Fsp3) is 0.308. The third-order valence-corrected chi connectivity index (χ3v) is 2.81. The van der Waals surface area contributed by atoms with Crippen LogP contribution in [0.5, 0.6) is 0 Å². The van der Waals surface area contributed by atoms with E-state index in [1.54, 1.807) is 14.1 Å². The Morgan fingerprint density at radius 2 is 1.95 bits per heavy atom. The van der Waals surface area contributed by atoms with E-state index in [1.807, 2.05) is 0 Å². The number of hydrogen-bond donors (Lipinski definition) is 0. The van der Waals surface area contributed by atoms with Crippen LogP contribution in [-0.2, 0) is 10.9 Å². The van der Waals surface area contributed by atoms with Gasteiger partial charge in [-0.25, -0.2) is 4.79 Å². The number of carbonyl (C=O) groups excluding carboxylic acids is 1. The molecule has 0 saturated heterocycles. The highest BCUT2D eigenvalue weighted by Crippen LogP contribution is 2.38. The summed E-state index contributed by atoms with van der Waals surface area (Å²) in [5, 5.41) is 0.213. The van der Waals surface area contributed by atoms with Gasteiger partial charge in [0, 0.05) is 19.5 Å². The summed E-state index contributed by atoms with van der Waals surface area (Å²) in [7, 11) is 4.39. The lowest BCUT2D eigenvalue weighted by molar-refractivity contribution is -0.137. The molecule has 0 N–H and O–H groups in total. The van der Waals surface area contributed by atoms with Crippen molar-refractivity contribution in [1.82, 2.24) is 0 Å². The van der Waals surface area contributed by atoms with E-state index in [1.165, 1.54) is 18.1 Å². The predicted octanol–water partition coefficient (Wildman–Crippen LogP) is 3.30. The summed E-state index contributed by atoms with van der Waals surface area (Å²) >= 11 is 0. The van der Waals surface area contributed by atoms with Crippen molar-refractivity contribution in [3.8, 4) is 0 Å². The molecule has 20 heavy (non-hydrogen) atoms. The number of carbonyl (C=O) groups is 1. The monoisotopic (exact) mass is 287 g/mol. The van der Waals surface area contributed by atoms with Gasteiger partial charge in [0.15, 0.2) is 0 Å². The highest BCUT2D eigenvalue weighted by molar-refractivity contribution is 6.04. The zero-order valence-electron chi connectivity index (χ0n) is 11.0. The third kappa shape index (κ3) is 2.31. The molecule has 0 bridgehead atoms. The highest BCUT2D eigenvalue weighted by atomic mass is 19.4. The minimum absolute atomic E-state index is 0.119. The highest BCUT2D eigenvalue weighted by Gasteiger charge is 2.32. The smallest absolute Gasteiger partial charge is 0.416 e. The van der Waals surface area contributed by atoms with E-state index in [2.05, 4.69) is 4.74 Å². The molecule has 0 amide bonds. The Morgan fingerprint density at radius 3 is 2.45 bits per heavy atom. The molecule has 1 aromatic heterocycles. The lowest BCUT2D eigenvalue weighted by Crippen LogP contribution is -2.13. The second kappa shape index (κ2) is 4.73. The van der Waals surface area contributed by atoms with Crippen LogP contribution < -0.4 is 4.90 Å². The molecular weight excluding hydrogens is 275 g/mol. The first-order valence-electron chi connectivity index (χ1n) is 5.65. The van der Waals surface area contributed by atoms with E-state index in [0.29, 0.717) is 0 Å². The quantitative estimate of drug-likeness (QED) is 0.795. The molecule has 4 nitrogen and oxygen atoms in total. The molecule has 0 aliphatic rings. The molecule has 0 radical (unpaired) electrons. The largest absolute Gasteiger partial charge is 0.463 e. The molecular formula is C13H12F3NO3. The molecule has 0 aliphatic carbocycles. The molecule has 108 valence electrons. The molecule has 2 aromatic rings.